The molecule has 0 saturated heterocycles. The van der Waals surface area contributed by atoms with Gasteiger partial charge in [0.1, 0.15) is 11.3 Å². The van der Waals surface area contributed by atoms with E-state index in [4.69, 9.17) is 20.8 Å². The van der Waals surface area contributed by atoms with E-state index in [0.717, 1.165) is 5.39 Å². The van der Waals surface area contributed by atoms with Gasteiger partial charge in [0, 0.05) is 12.3 Å². The van der Waals surface area contributed by atoms with Crippen LogP contribution in [0.4, 0.5) is 0 Å². The fourth-order valence-corrected chi connectivity index (χ4v) is 3.67. The summed E-state index contributed by atoms with van der Waals surface area (Å²) in [5.41, 5.74) is 1.48. The lowest BCUT2D eigenvalue weighted by molar-refractivity contribution is -0.131. The van der Waals surface area contributed by atoms with Gasteiger partial charge in [-0.15, -0.1) is 0 Å². The van der Waals surface area contributed by atoms with Gasteiger partial charge in [-0.25, -0.2) is 4.98 Å². The first-order valence-corrected chi connectivity index (χ1v) is 10.4. The Bertz CT molecular complexity index is 1580. The highest BCUT2D eigenvalue weighted by Crippen LogP contribution is 2.28. The van der Waals surface area contributed by atoms with Crippen LogP contribution in [0.1, 0.15) is 12.5 Å². The standard InChI is InChI=1S/C25H16ClN3O4/c1-15(30)32-22-11-10-16(12-19(22)26)14-27-29-24(23-13-17-6-2-5-9-21(17)33-23)28-20-8-4-3-7-18(20)25(29)31/h2-14H,1H3. The number of carbonyl (C=O) groups excluding carboxylic acids is 1. The van der Waals surface area contributed by atoms with Crippen LogP contribution in [0, 0.1) is 0 Å². The number of furan rings is 1. The number of aromatic nitrogens is 2. The SMILES string of the molecule is CC(=O)Oc1ccc(C=Nn2c(-c3cc4ccccc4o3)nc3ccccc3c2=O)cc1Cl. The number of ether oxygens (including phenoxy) is 1. The van der Waals surface area contributed by atoms with Crippen molar-refractivity contribution in [2.75, 3.05) is 0 Å². The average Bonchev–Trinajstić information content (AvgIpc) is 3.24. The van der Waals surface area contributed by atoms with Crippen LogP contribution in [0.2, 0.25) is 5.02 Å². The highest BCUT2D eigenvalue weighted by atomic mass is 35.5. The van der Waals surface area contributed by atoms with E-state index in [9.17, 15) is 9.59 Å². The number of fused-ring (bicyclic) bond motifs is 2. The number of para-hydroxylation sites is 2. The molecule has 0 spiro atoms. The molecule has 2 heterocycles. The van der Waals surface area contributed by atoms with Crippen molar-refractivity contribution in [1.29, 1.82) is 0 Å². The van der Waals surface area contributed by atoms with Crippen molar-refractivity contribution in [2.24, 2.45) is 5.10 Å². The molecule has 0 aliphatic rings. The Kier molecular flexibility index (Phi) is 5.24. The minimum absolute atomic E-state index is 0.244. The fraction of sp³-hybridized carbons (Fsp3) is 0.0400. The van der Waals surface area contributed by atoms with Crippen molar-refractivity contribution >= 4 is 45.7 Å². The second-order valence-corrected chi connectivity index (χ2v) is 7.65. The summed E-state index contributed by atoms with van der Waals surface area (Å²) in [5.74, 6) is 0.463. The zero-order valence-electron chi connectivity index (χ0n) is 17.4. The molecule has 0 aliphatic heterocycles. The highest BCUT2D eigenvalue weighted by molar-refractivity contribution is 6.32. The maximum absolute atomic E-state index is 13.3. The number of carbonyl (C=O) groups is 1. The number of hydrogen-bond donors (Lipinski definition) is 0. The Balaban J connectivity index is 1.64. The van der Waals surface area contributed by atoms with Crippen LogP contribution in [-0.4, -0.2) is 21.8 Å². The molecule has 0 aliphatic carbocycles. The molecular formula is C25H16ClN3O4. The van der Waals surface area contributed by atoms with Crippen LogP contribution >= 0.6 is 11.6 Å². The average molecular weight is 458 g/mol. The quantitative estimate of drug-likeness (QED) is 0.208. The number of nitrogens with zero attached hydrogens (tertiary/aromatic N) is 3. The van der Waals surface area contributed by atoms with E-state index in [1.54, 1.807) is 36.4 Å². The Labute approximate surface area is 192 Å². The van der Waals surface area contributed by atoms with E-state index in [1.807, 2.05) is 36.4 Å². The number of hydrogen-bond acceptors (Lipinski definition) is 6. The van der Waals surface area contributed by atoms with E-state index in [-0.39, 0.29) is 22.2 Å². The summed E-state index contributed by atoms with van der Waals surface area (Å²) in [7, 11) is 0. The van der Waals surface area contributed by atoms with Gasteiger partial charge in [0.15, 0.2) is 5.76 Å². The van der Waals surface area contributed by atoms with Crippen LogP contribution < -0.4 is 10.3 Å². The van der Waals surface area contributed by atoms with Gasteiger partial charge in [-0.2, -0.15) is 9.78 Å². The van der Waals surface area contributed by atoms with Crippen molar-refractivity contribution in [3.63, 3.8) is 0 Å². The van der Waals surface area contributed by atoms with Gasteiger partial charge in [0.25, 0.3) is 5.56 Å². The van der Waals surface area contributed by atoms with Crippen molar-refractivity contribution in [3.8, 4) is 17.3 Å². The summed E-state index contributed by atoms with van der Waals surface area (Å²) in [6.45, 7) is 1.30. The zero-order chi connectivity index (χ0) is 22.9. The molecule has 0 saturated carbocycles. The normalized spacial score (nSPS) is 11.5. The van der Waals surface area contributed by atoms with E-state index < -0.39 is 5.97 Å². The first kappa shape index (κ1) is 20.7. The Hall–Kier alpha value is -4.23. The van der Waals surface area contributed by atoms with Crippen molar-refractivity contribution in [2.45, 2.75) is 6.92 Å². The van der Waals surface area contributed by atoms with Gasteiger partial charge >= 0.3 is 5.97 Å². The molecule has 5 rings (SSSR count). The predicted octanol–water partition coefficient (Wildman–Crippen LogP) is 5.27. The predicted molar refractivity (Wildman–Crippen MR) is 127 cm³/mol. The minimum atomic E-state index is -0.470. The molecule has 0 amide bonds. The number of halogens is 1. The largest absolute Gasteiger partial charge is 0.453 e. The third kappa shape index (κ3) is 4.02. The third-order valence-corrected chi connectivity index (χ3v) is 5.23. The molecule has 2 aromatic heterocycles. The molecule has 8 heteroatoms. The Morgan fingerprint density at radius 1 is 1.09 bits per heavy atom. The van der Waals surface area contributed by atoms with Gasteiger partial charge < -0.3 is 9.15 Å². The smallest absolute Gasteiger partial charge is 0.308 e. The van der Waals surface area contributed by atoms with Crippen LogP contribution in [0.5, 0.6) is 5.75 Å². The Morgan fingerprint density at radius 2 is 1.88 bits per heavy atom. The van der Waals surface area contributed by atoms with Gasteiger partial charge in [0.05, 0.1) is 22.1 Å². The lowest BCUT2D eigenvalue weighted by Crippen LogP contribution is -2.20. The monoisotopic (exact) mass is 457 g/mol. The highest BCUT2D eigenvalue weighted by Gasteiger charge is 2.16. The molecule has 7 nitrogen and oxygen atoms in total. The van der Waals surface area contributed by atoms with Gasteiger partial charge in [-0.3, -0.25) is 9.59 Å². The number of rotatable bonds is 4. The molecule has 0 fully saturated rings. The number of benzene rings is 3. The summed E-state index contributed by atoms with van der Waals surface area (Å²) in [5, 5.41) is 5.96. The maximum atomic E-state index is 13.3. The second kappa shape index (κ2) is 8.37. The summed E-state index contributed by atoms with van der Waals surface area (Å²) in [4.78, 5) is 29.1. The second-order valence-electron chi connectivity index (χ2n) is 7.25. The molecule has 5 aromatic rings. The molecule has 0 bridgehead atoms. The van der Waals surface area contributed by atoms with Crippen molar-refractivity contribution in [3.05, 3.63) is 93.7 Å². The molecule has 0 atom stereocenters. The summed E-state index contributed by atoms with van der Waals surface area (Å²) >= 11 is 6.20. The number of esters is 1. The van der Waals surface area contributed by atoms with Crippen LogP contribution in [0.15, 0.2) is 87.1 Å². The third-order valence-electron chi connectivity index (χ3n) is 4.93. The first-order chi connectivity index (χ1) is 16.0. The lowest BCUT2D eigenvalue weighted by atomic mass is 10.2. The minimum Gasteiger partial charge on any atom is -0.453 e. The van der Waals surface area contributed by atoms with Crippen molar-refractivity contribution < 1.29 is 13.9 Å². The molecule has 3 aromatic carbocycles. The zero-order valence-corrected chi connectivity index (χ0v) is 18.1. The van der Waals surface area contributed by atoms with Crippen LogP contribution in [0.3, 0.4) is 0 Å². The van der Waals surface area contributed by atoms with E-state index in [1.165, 1.54) is 17.8 Å². The maximum Gasteiger partial charge on any atom is 0.308 e. The van der Waals surface area contributed by atoms with Crippen molar-refractivity contribution in [1.82, 2.24) is 9.66 Å². The summed E-state index contributed by atoms with van der Waals surface area (Å²) in [6.07, 6.45) is 1.48. The van der Waals surface area contributed by atoms with Gasteiger partial charge in [0.2, 0.25) is 5.82 Å². The van der Waals surface area contributed by atoms with Crippen LogP contribution in [0.25, 0.3) is 33.5 Å². The van der Waals surface area contributed by atoms with E-state index in [0.29, 0.717) is 27.8 Å². The lowest BCUT2D eigenvalue weighted by Gasteiger charge is -2.07. The summed E-state index contributed by atoms with van der Waals surface area (Å²) < 4.78 is 12.2. The fourth-order valence-electron chi connectivity index (χ4n) is 3.44. The molecule has 0 radical (unpaired) electrons. The molecular weight excluding hydrogens is 442 g/mol. The van der Waals surface area contributed by atoms with Gasteiger partial charge in [-0.05, 0) is 48.0 Å². The molecule has 0 N–H and O–H groups in total. The first-order valence-electron chi connectivity index (χ1n) is 10.0. The molecule has 33 heavy (non-hydrogen) atoms. The van der Waals surface area contributed by atoms with Crippen LogP contribution in [-0.2, 0) is 4.79 Å². The van der Waals surface area contributed by atoms with E-state index >= 15 is 0 Å². The van der Waals surface area contributed by atoms with Gasteiger partial charge in [-0.1, -0.05) is 41.9 Å². The molecule has 162 valence electrons. The topological polar surface area (TPSA) is 86.7 Å². The van der Waals surface area contributed by atoms with E-state index in [2.05, 4.69) is 10.1 Å². The molecule has 0 unspecified atom stereocenters. The Morgan fingerprint density at radius 3 is 2.67 bits per heavy atom. The summed E-state index contributed by atoms with van der Waals surface area (Å²) in [6, 6.07) is 21.2.